The lowest BCUT2D eigenvalue weighted by Crippen LogP contribution is -2.35. The molecule has 1 saturated heterocycles. The van der Waals surface area contributed by atoms with Gasteiger partial charge in [0.25, 0.3) is 0 Å². The number of benzene rings is 2. The molecule has 0 aliphatic carbocycles. The van der Waals surface area contributed by atoms with Gasteiger partial charge in [-0.25, -0.2) is 4.98 Å². The van der Waals surface area contributed by atoms with Crippen molar-refractivity contribution in [3.8, 4) is 0 Å². The van der Waals surface area contributed by atoms with Crippen LogP contribution in [-0.4, -0.2) is 21.4 Å². The molecule has 3 heterocycles. The Hall–Kier alpha value is -3.45. The van der Waals surface area contributed by atoms with E-state index in [1.54, 1.807) is 16.2 Å². The minimum Gasteiger partial charge on any atom is -0.349 e. The van der Waals surface area contributed by atoms with Crippen molar-refractivity contribution in [3.05, 3.63) is 82.3 Å². The average molecular weight is 445 g/mol. The molecule has 7 heteroatoms. The van der Waals surface area contributed by atoms with Crippen molar-refractivity contribution in [3.63, 3.8) is 0 Å². The molecule has 2 aromatic carbocycles. The quantitative estimate of drug-likeness (QED) is 0.498. The van der Waals surface area contributed by atoms with Crippen LogP contribution < -0.4 is 10.2 Å². The molecule has 1 aliphatic heterocycles. The summed E-state index contributed by atoms with van der Waals surface area (Å²) < 4.78 is 1.99. The predicted molar refractivity (Wildman–Crippen MR) is 126 cm³/mol. The van der Waals surface area contributed by atoms with Gasteiger partial charge in [-0.05, 0) is 42.6 Å². The van der Waals surface area contributed by atoms with Crippen molar-refractivity contribution in [2.24, 2.45) is 13.0 Å². The van der Waals surface area contributed by atoms with Crippen LogP contribution in [0, 0.1) is 12.8 Å². The summed E-state index contributed by atoms with van der Waals surface area (Å²) in [5.41, 5.74) is 3.88. The summed E-state index contributed by atoms with van der Waals surface area (Å²) >= 11 is 1.57. The lowest BCUT2D eigenvalue weighted by atomic mass is 9.97. The van der Waals surface area contributed by atoms with Crippen LogP contribution in [0.4, 0.5) is 5.69 Å². The second-order valence-corrected chi connectivity index (χ2v) is 9.14. The van der Waals surface area contributed by atoms with E-state index < -0.39 is 5.92 Å². The Kier molecular flexibility index (Phi) is 5.27. The molecule has 0 spiro atoms. The molecule has 0 bridgehead atoms. The van der Waals surface area contributed by atoms with Crippen LogP contribution in [0.15, 0.2) is 66.0 Å². The molecule has 0 radical (unpaired) electrons. The van der Waals surface area contributed by atoms with Crippen molar-refractivity contribution >= 4 is 39.9 Å². The summed E-state index contributed by atoms with van der Waals surface area (Å²) in [7, 11) is 1.95. The Bertz CT molecular complexity index is 1280. The standard InChI is InChI=1S/C25H24N4O2S/c1-16-9-11-17(12-10-16)29-23(30)14-18(24(29)21-8-5-13-32-21)25(31)26-15-22-27-19-6-3-4-7-20(19)28(22)2/h3-13,18,24H,14-15H2,1-2H3,(H,26,31). The Morgan fingerprint density at radius 3 is 2.62 bits per heavy atom. The molecule has 162 valence electrons. The highest BCUT2D eigenvalue weighted by molar-refractivity contribution is 7.10. The fraction of sp³-hybridized carbons (Fsp3) is 0.240. The van der Waals surface area contributed by atoms with Crippen LogP contribution in [0.5, 0.6) is 0 Å². The van der Waals surface area contributed by atoms with E-state index in [0.717, 1.165) is 33.0 Å². The average Bonchev–Trinajstić information content (AvgIpc) is 3.51. The van der Waals surface area contributed by atoms with E-state index in [0.29, 0.717) is 6.54 Å². The van der Waals surface area contributed by atoms with Crippen LogP contribution in [0.2, 0.25) is 0 Å². The van der Waals surface area contributed by atoms with E-state index in [-0.39, 0.29) is 24.3 Å². The van der Waals surface area contributed by atoms with E-state index >= 15 is 0 Å². The topological polar surface area (TPSA) is 67.2 Å². The van der Waals surface area contributed by atoms with Gasteiger partial charge < -0.3 is 14.8 Å². The molecule has 1 N–H and O–H groups in total. The predicted octanol–water partition coefficient (Wildman–Crippen LogP) is 4.35. The zero-order valence-corrected chi connectivity index (χ0v) is 18.8. The van der Waals surface area contributed by atoms with Gasteiger partial charge in [-0.2, -0.15) is 0 Å². The Morgan fingerprint density at radius 1 is 1.12 bits per heavy atom. The fourth-order valence-corrected chi connectivity index (χ4v) is 5.30. The maximum Gasteiger partial charge on any atom is 0.228 e. The number of fused-ring (bicyclic) bond motifs is 1. The van der Waals surface area contributed by atoms with Crippen molar-refractivity contribution in [2.75, 3.05) is 4.90 Å². The maximum absolute atomic E-state index is 13.3. The highest BCUT2D eigenvalue weighted by Crippen LogP contribution is 2.43. The minimum atomic E-state index is -0.461. The number of imidazole rings is 1. The number of thiophene rings is 1. The Morgan fingerprint density at radius 2 is 1.91 bits per heavy atom. The van der Waals surface area contributed by atoms with Gasteiger partial charge in [0.05, 0.1) is 29.5 Å². The highest BCUT2D eigenvalue weighted by atomic mass is 32.1. The molecule has 0 saturated carbocycles. The summed E-state index contributed by atoms with van der Waals surface area (Å²) in [6.45, 7) is 2.33. The third kappa shape index (κ3) is 3.58. The molecule has 32 heavy (non-hydrogen) atoms. The zero-order valence-electron chi connectivity index (χ0n) is 18.0. The van der Waals surface area contributed by atoms with Gasteiger partial charge >= 0.3 is 0 Å². The number of para-hydroxylation sites is 2. The zero-order chi connectivity index (χ0) is 22.2. The number of nitrogens with one attached hydrogen (secondary N) is 1. The number of hydrogen-bond acceptors (Lipinski definition) is 4. The van der Waals surface area contributed by atoms with Crippen LogP contribution in [-0.2, 0) is 23.2 Å². The van der Waals surface area contributed by atoms with Crippen molar-refractivity contribution in [1.82, 2.24) is 14.9 Å². The summed E-state index contributed by atoms with van der Waals surface area (Å²) in [6, 6.07) is 19.4. The van der Waals surface area contributed by atoms with Gasteiger partial charge in [0.15, 0.2) is 0 Å². The first kappa shape index (κ1) is 20.5. The van der Waals surface area contributed by atoms with E-state index in [1.807, 2.05) is 84.6 Å². The SMILES string of the molecule is Cc1ccc(N2C(=O)CC(C(=O)NCc3nc4ccccc4n3C)C2c2cccs2)cc1. The number of aryl methyl sites for hydroxylation is 2. The van der Waals surface area contributed by atoms with Gasteiger partial charge in [-0.3, -0.25) is 9.59 Å². The number of carbonyl (C=O) groups excluding carboxylic acids is 2. The number of rotatable bonds is 5. The molecular weight excluding hydrogens is 420 g/mol. The molecule has 4 aromatic rings. The minimum absolute atomic E-state index is 0.0323. The number of hydrogen-bond donors (Lipinski definition) is 1. The first-order valence-electron chi connectivity index (χ1n) is 10.6. The number of carbonyl (C=O) groups is 2. The first-order chi connectivity index (χ1) is 15.5. The third-order valence-corrected chi connectivity index (χ3v) is 7.05. The lowest BCUT2D eigenvalue weighted by Gasteiger charge is -2.27. The molecule has 5 rings (SSSR count). The molecule has 1 aliphatic rings. The number of amides is 2. The number of anilines is 1. The second-order valence-electron chi connectivity index (χ2n) is 8.16. The van der Waals surface area contributed by atoms with Crippen molar-refractivity contribution in [2.45, 2.75) is 25.9 Å². The van der Waals surface area contributed by atoms with Gasteiger partial charge in [-0.1, -0.05) is 35.9 Å². The monoisotopic (exact) mass is 444 g/mol. The maximum atomic E-state index is 13.3. The molecule has 2 atom stereocenters. The van der Waals surface area contributed by atoms with Crippen LogP contribution in [0.1, 0.15) is 28.7 Å². The van der Waals surface area contributed by atoms with E-state index in [1.165, 1.54) is 0 Å². The summed E-state index contributed by atoms with van der Waals surface area (Å²) in [5, 5.41) is 5.03. The molecule has 2 unspecified atom stereocenters. The number of aromatic nitrogens is 2. The van der Waals surface area contributed by atoms with Gasteiger partial charge in [-0.15, -0.1) is 11.3 Å². The molecule has 6 nitrogen and oxygen atoms in total. The summed E-state index contributed by atoms with van der Waals surface area (Å²) in [4.78, 5) is 33.8. The van der Waals surface area contributed by atoms with E-state index in [9.17, 15) is 9.59 Å². The largest absolute Gasteiger partial charge is 0.349 e. The van der Waals surface area contributed by atoms with Crippen LogP contribution in [0.25, 0.3) is 11.0 Å². The Balaban J connectivity index is 1.41. The normalized spacial score (nSPS) is 18.4. The number of nitrogens with zero attached hydrogens (tertiary/aromatic N) is 3. The van der Waals surface area contributed by atoms with Crippen molar-refractivity contribution in [1.29, 1.82) is 0 Å². The third-order valence-electron chi connectivity index (χ3n) is 6.11. The van der Waals surface area contributed by atoms with Gasteiger partial charge in [0.2, 0.25) is 11.8 Å². The van der Waals surface area contributed by atoms with E-state index in [2.05, 4.69) is 10.3 Å². The van der Waals surface area contributed by atoms with E-state index in [4.69, 9.17) is 0 Å². The lowest BCUT2D eigenvalue weighted by molar-refractivity contribution is -0.127. The van der Waals surface area contributed by atoms with Crippen molar-refractivity contribution < 1.29 is 9.59 Å². The van der Waals surface area contributed by atoms with Gasteiger partial charge in [0.1, 0.15) is 5.82 Å². The van der Waals surface area contributed by atoms with Crippen LogP contribution >= 0.6 is 11.3 Å². The highest BCUT2D eigenvalue weighted by Gasteiger charge is 2.45. The molecular formula is C25H24N4O2S. The summed E-state index contributed by atoms with van der Waals surface area (Å²) in [6.07, 6.45) is 0.185. The molecule has 2 amide bonds. The van der Waals surface area contributed by atoms with Gasteiger partial charge in [0, 0.05) is 24.0 Å². The second kappa shape index (κ2) is 8.24. The first-order valence-corrected chi connectivity index (χ1v) is 11.5. The smallest absolute Gasteiger partial charge is 0.228 e. The van der Waals surface area contributed by atoms with Crippen LogP contribution in [0.3, 0.4) is 0 Å². The Labute approximate surface area is 190 Å². The summed E-state index contributed by atoms with van der Waals surface area (Å²) in [5.74, 6) is 0.164. The molecule has 2 aromatic heterocycles. The molecule has 1 fully saturated rings. The fourth-order valence-electron chi connectivity index (χ4n) is 4.42.